The summed E-state index contributed by atoms with van der Waals surface area (Å²) in [6, 6.07) is 10.6. The average Bonchev–Trinajstić information content (AvgIpc) is 3.02. The number of methoxy groups -OCH3 is 1. The summed E-state index contributed by atoms with van der Waals surface area (Å²) < 4.78 is 10.3. The number of carbonyl (C=O) groups excluding carboxylic acids is 1. The highest BCUT2D eigenvalue weighted by Gasteiger charge is 2.18. The lowest BCUT2D eigenvalue weighted by Gasteiger charge is -2.17. The molecule has 1 aromatic heterocycles. The van der Waals surface area contributed by atoms with Gasteiger partial charge in [-0.1, -0.05) is 18.2 Å². The van der Waals surface area contributed by atoms with Crippen molar-refractivity contribution in [1.29, 1.82) is 0 Å². The maximum atomic E-state index is 12.3. The Hall–Kier alpha value is -2.11. The lowest BCUT2D eigenvalue weighted by molar-refractivity contribution is 0.0898. The van der Waals surface area contributed by atoms with Crippen molar-refractivity contribution in [3.8, 4) is 0 Å². The van der Waals surface area contributed by atoms with Gasteiger partial charge in [-0.15, -0.1) is 0 Å². The van der Waals surface area contributed by atoms with Gasteiger partial charge >= 0.3 is 0 Å². The van der Waals surface area contributed by atoms with Crippen molar-refractivity contribution in [3.63, 3.8) is 0 Å². The van der Waals surface area contributed by atoms with Crippen molar-refractivity contribution in [2.75, 3.05) is 7.11 Å². The van der Waals surface area contributed by atoms with Gasteiger partial charge in [-0.2, -0.15) is 0 Å². The van der Waals surface area contributed by atoms with Crippen molar-refractivity contribution in [2.24, 2.45) is 0 Å². The van der Waals surface area contributed by atoms with Crippen LogP contribution in [-0.2, 0) is 11.3 Å². The molecule has 0 aliphatic heterocycles. The molecule has 1 amide bonds. The Bertz CT molecular complexity index is 594. The van der Waals surface area contributed by atoms with Gasteiger partial charge in [0.05, 0.1) is 12.9 Å². The second kappa shape index (κ2) is 7.77. The Morgan fingerprint density at radius 2 is 2.09 bits per heavy atom. The summed E-state index contributed by atoms with van der Waals surface area (Å²) in [6.45, 7) is 2.23. The standard InChI is InChI=1S/C17H21NO4/c1-12(10-15(19)16-8-5-9-22-16)18-17(20)14-7-4-3-6-13(14)11-21-2/h3-9,12,15,19H,10-11H2,1-2H3,(H,18,20). The lowest BCUT2D eigenvalue weighted by Crippen LogP contribution is -2.34. The molecule has 1 aromatic carbocycles. The van der Waals surface area contributed by atoms with Crippen LogP contribution in [0.15, 0.2) is 47.1 Å². The Balaban J connectivity index is 1.96. The summed E-state index contributed by atoms with van der Waals surface area (Å²) in [4.78, 5) is 12.3. The number of hydrogen-bond acceptors (Lipinski definition) is 4. The lowest BCUT2D eigenvalue weighted by atomic mass is 10.1. The van der Waals surface area contributed by atoms with E-state index < -0.39 is 6.10 Å². The van der Waals surface area contributed by atoms with E-state index in [0.29, 0.717) is 24.4 Å². The Labute approximate surface area is 129 Å². The number of hydrogen-bond donors (Lipinski definition) is 2. The van der Waals surface area contributed by atoms with Crippen LogP contribution in [0.25, 0.3) is 0 Å². The molecule has 5 heteroatoms. The van der Waals surface area contributed by atoms with Gasteiger partial charge in [-0.25, -0.2) is 0 Å². The highest BCUT2D eigenvalue weighted by molar-refractivity contribution is 5.95. The fourth-order valence-corrected chi connectivity index (χ4v) is 2.32. The topological polar surface area (TPSA) is 71.7 Å². The molecule has 5 nitrogen and oxygen atoms in total. The first-order valence-corrected chi connectivity index (χ1v) is 7.21. The van der Waals surface area contributed by atoms with Gasteiger partial charge in [0.25, 0.3) is 5.91 Å². The number of amides is 1. The molecule has 0 fully saturated rings. The number of aliphatic hydroxyl groups is 1. The third-order valence-corrected chi connectivity index (χ3v) is 3.39. The van der Waals surface area contributed by atoms with E-state index in [9.17, 15) is 9.90 Å². The van der Waals surface area contributed by atoms with Crippen LogP contribution >= 0.6 is 0 Å². The quantitative estimate of drug-likeness (QED) is 0.825. The molecule has 2 rings (SSSR count). The fourth-order valence-electron chi connectivity index (χ4n) is 2.32. The average molecular weight is 303 g/mol. The normalized spacial score (nSPS) is 13.6. The van der Waals surface area contributed by atoms with Crippen LogP contribution in [-0.4, -0.2) is 24.2 Å². The molecule has 0 saturated heterocycles. The number of aliphatic hydroxyl groups excluding tert-OH is 1. The molecule has 2 atom stereocenters. The van der Waals surface area contributed by atoms with E-state index in [1.54, 1.807) is 25.3 Å². The molecule has 2 N–H and O–H groups in total. The van der Waals surface area contributed by atoms with E-state index in [1.165, 1.54) is 6.26 Å². The van der Waals surface area contributed by atoms with Crippen molar-refractivity contribution in [3.05, 3.63) is 59.5 Å². The van der Waals surface area contributed by atoms with Gasteiger partial charge in [0.2, 0.25) is 0 Å². The maximum absolute atomic E-state index is 12.3. The van der Waals surface area contributed by atoms with Crippen LogP contribution in [0.4, 0.5) is 0 Å². The molecule has 0 bridgehead atoms. The molecule has 2 aromatic rings. The highest BCUT2D eigenvalue weighted by Crippen LogP contribution is 2.19. The summed E-state index contributed by atoms with van der Waals surface area (Å²) in [5.74, 6) is 0.327. The first kappa shape index (κ1) is 16.3. The van der Waals surface area contributed by atoms with Crippen molar-refractivity contribution < 1.29 is 19.1 Å². The van der Waals surface area contributed by atoms with E-state index in [4.69, 9.17) is 9.15 Å². The molecular weight excluding hydrogens is 282 g/mol. The monoisotopic (exact) mass is 303 g/mol. The van der Waals surface area contributed by atoms with Gasteiger partial charge in [0.1, 0.15) is 11.9 Å². The predicted molar refractivity (Wildman–Crippen MR) is 82.4 cm³/mol. The van der Waals surface area contributed by atoms with Crippen molar-refractivity contribution in [1.82, 2.24) is 5.32 Å². The van der Waals surface area contributed by atoms with Crippen molar-refractivity contribution in [2.45, 2.75) is 32.1 Å². The Morgan fingerprint density at radius 1 is 1.32 bits per heavy atom. The summed E-state index contributed by atoms with van der Waals surface area (Å²) >= 11 is 0. The largest absolute Gasteiger partial charge is 0.467 e. The molecule has 0 aliphatic rings. The zero-order valence-corrected chi connectivity index (χ0v) is 12.8. The molecule has 0 aliphatic carbocycles. The third kappa shape index (κ3) is 4.19. The van der Waals surface area contributed by atoms with E-state index in [2.05, 4.69) is 5.32 Å². The maximum Gasteiger partial charge on any atom is 0.251 e. The third-order valence-electron chi connectivity index (χ3n) is 3.39. The minimum Gasteiger partial charge on any atom is -0.467 e. The molecule has 0 spiro atoms. The van der Waals surface area contributed by atoms with Crippen LogP contribution in [0.2, 0.25) is 0 Å². The van der Waals surface area contributed by atoms with Crippen LogP contribution in [0.3, 0.4) is 0 Å². The fraction of sp³-hybridized carbons (Fsp3) is 0.353. The molecular formula is C17H21NO4. The number of carbonyl (C=O) groups is 1. The van der Waals surface area contributed by atoms with Gasteiger partial charge in [-0.05, 0) is 30.7 Å². The summed E-state index contributed by atoms with van der Waals surface area (Å²) in [5.41, 5.74) is 1.42. The Morgan fingerprint density at radius 3 is 2.77 bits per heavy atom. The second-order valence-electron chi connectivity index (χ2n) is 5.23. The molecule has 0 radical (unpaired) electrons. The van der Waals surface area contributed by atoms with E-state index >= 15 is 0 Å². The molecule has 118 valence electrons. The summed E-state index contributed by atoms with van der Waals surface area (Å²) in [7, 11) is 1.59. The SMILES string of the molecule is COCc1ccccc1C(=O)NC(C)CC(O)c1ccco1. The van der Waals surface area contributed by atoms with E-state index in [-0.39, 0.29) is 11.9 Å². The minimum atomic E-state index is -0.737. The molecule has 1 heterocycles. The van der Waals surface area contributed by atoms with Gasteiger partial charge in [-0.3, -0.25) is 4.79 Å². The molecule has 2 unspecified atom stereocenters. The van der Waals surface area contributed by atoms with Crippen LogP contribution in [0, 0.1) is 0 Å². The number of rotatable bonds is 7. The number of furan rings is 1. The van der Waals surface area contributed by atoms with Gasteiger partial charge in [0, 0.05) is 25.1 Å². The molecule has 22 heavy (non-hydrogen) atoms. The second-order valence-corrected chi connectivity index (χ2v) is 5.23. The minimum absolute atomic E-state index is 0.174. The number of ether oxygens (including phenoxy) is 1. The zero-order valence-electron chi connectivity index (χ0n) is 12.8. The number of benzene rings is 1. The van der Waals surface area contributed by atoms with Gasteiger partial charge in [0.15, 0.2) is 0 Å². The van der Waals surface area contributed by atoms with E-state index in [0.717, 1.165) is 5.56 Å². The van der Waals surface area contributed by atoms with Crippen molar-refractivity contribution >= 4 is 5.91 Å². The summed E-state index contributed by atoms with van der Waals surface area (Å²) in [6.07, 6.45) is 1.16. The van der Waals surface area contributed by atoms with Crippen LogP contribution in [0.5, 0.6) is 0 Å². The smallest absolute Gasteiger partial charge is 0.251 e. The number of nitrogens with one attached hydrogen (secondary N) is 1. The summed E-state index contributed by atoms with van der Waals surface area (Å²) in [5, 5.41) is 12.9. The molecule has 0 saturated carbocycles. The highest BCUT2D eigenvalue weighted by atomic mass is 16.5. The zero-order chi connectivity index (χ0) is 15.9. The van der Waals surface area contributed by atoms with E-state index in [1.807, 2.05) is 25.1 Å². The van der Waals surface area contributed by atoms with Gasteiger partial charge < -0.3 is 19.6 Å². The Kier molecular flexibility index (Phi) is 5.75. The predicted octanol–water partition coefficient (Wildman–Crippen LogP) is 2.67. The van der Waals surface area contributed by atoms with Crippen LogP contribution < -0.4 is 5.32 Å². The van der Waals surface area contributed by atoms with Crippen LogP contribution in [0.1, 0.15) is 41.1 Å². The first-order chi connectivity index (χ1) is 10.6. The first-order valence-electron chi connectivity index (χ1n) is 7.21.